The molecule has 0 aliphatic heterocycles. The summed E-state index contributed by atoms with van der Waals surface area (Å²) < 4.78 is 4.99. The highest BCUT2D eigenvalue weighted by Crippen LogP contribution is 2.13. The third-order valence-electron chi connectivity index (χ3n) is 2.93. The molecule has 0 saturated heterocycles. The Balaban J connectivity index is 2.71. The summed E-state index contributed by atoms with van der Waals surface area (Å²) in [6.07, 6.45) is 1.94. The van der Waals surface area contributed by atoms with Gasteiger partial charge in [0.25, 0.3) is 0 Å². The van der Waals surface area contributed by atoms with Gasteiger partial charge in [0.1, 0.15) is 0 Å². The monoisotopic (exact) mass is 303 g/mol. The Bertz CT molecular complexity index is 573. The molecule has 5 nitrogen and oxygen atoms in total. The summed E-state index contributed by atoms with van der Waals surface area (Å²) in [5.74, 6) is -1.05. The Morgan fingerprint density at radius 3 is 2.18 bits per heavy atom. The molecule has 118 valence electrons. The van der Waals surface area contributed by atoms with Gasteiger partial charge in [0.2, 0.25) is 11.7 Å². The van der Waals surface area contributed by atoms with E-state index < -0.39 is 12.1 Å². The van der Waals surface area contributed by atoms with Crippen LogP contribution in [0.15, 0.2) is 36.4 Å². The molecular formula is C17H21NO4. The topological polar surface area (TPSA) is 72.5 Å². The van der Waals surface area contributed by atoms with Crippen LogP contribution in [-0.4, -0.2) is 23.8 Å². The minimum absolute atomic E-state index is 0.0901. The summed E-state index contributed by atoms with van der Waals surface area (Å²) in [5, 5.41) is 2.74. The van der Waals surface area contributed by atoms with Crippen molar-refractivity contribution in [1.29, 1.82) is 0 Å². The summed E-state index contributed by atoms with van der Waals surface area (Å²) >= 11 is 0. The van der Waals surface area contributed by atoms with E-state index in [-0.39, 0.29) is 17.6 Å². The smallest absolute Gasteiger partial charge is 0.331 e. The zero-order chi connectivity index (χ0) is 16.7. The van der Waals surface area contributed by atoms with Crippen molar-refractivity contribution in [3.63, 3.8) is 0 Å². The lowest BCUT2D eigenvalue weighted by Gasteiger charge is -2.12. The Morgan fingerprint density at radius 1 is 1.09 bits per heavy atom. The largest absolute Gasteiger partial charge is 0.451 e. The number of hydrogen-bond acceptors (Lipinski definition) is 4. The first-order chi connectivity index (χ1) is 10.3. The van der Waals surface area contributed by atoms with Gasteiger partial charge in [0, 0.05) is 23.2 Å². The molecule has 0 bridgehead atoms. The fraction of sp³-hybridized carbons (Fsp3) is 0.353. The second-order valence-corrected chi connectivity index (χ2v) is 5.16. The van der Waals surface area contributed by atoms with E-state index in [9.17, 15) is 14.4 Å². The molecule has 1 rings (SSSR count). The second-order valence-electron chi connectivity index (χ2n) is 5.16. The van der Waals surface area contributed by atoms with Gasteiger partial charge in [-0.05, 0) is 38.1 Å². The Labute approximate surface area is 130 Å². The number of carbonyl (C=O) groups excluding carboxylic acids is 3. The number of ketones is 1. The van der Waals surface area contributed by atoms with Gasteiger partial charge in [-0.25, -0.2) is 4.79 Å². The van der Waals surface area contributed by atoms with E-state index in [1.807, 2.05) is 0 Å². The van der Waals surface area contributed by atoms with Crippen LogP contribution >= 0.6 is 0 Å². The molecule has 0 radical (unpaired) electrons. The van der Waals surface area contributed by atoms with Crippen LogP contribution in [0.25, 0.3) is 0 Å². The lowest BCUT2D eigenvalue weighted by Crippen LogP contribution is -2.23. The summed E-state index contributed by atoms with van der Waals surface area (Å²) in [6, 6.07) is 6.48. The van der Waals surface area contributed by atoms with E-state index >= 15 is 0 Å². The summed E-state index contributed by atoms with van der Waals surface area (Å²) in [6.45, 7) is 6.82. The maximum absolute atomic E-state index is 12.1. The third-order valence-corrected chi connectivity index (χ3v) is 2.93. The molecule has 1 aromatic carbocycles. The quantitative estimate of drug-likeness (QED) is 0.498. The van der Waals surface area contributed by atoms with E-state index in [0.29, 0.717) is 11.3 Å². The third kappa shape index (κ3) is 5.16. The number of nitrogens with one attached hydrogen (secondary N) is 1. The maximum atomic E-state index is 12.1. The van der Waals surface area contributed by atoms with E-state index in [1.165, 1.54) is 13.0 Å². The summed E-state index contributed by atoms with van der Waals surface area (Å²) in [7, 11) is 0. The van der Waals surface area contributed by atoms with Crippen molar-refractivity contribution in [2.24, 2.45) is 5.92 Å². The Kier molecular flexibility index (Phi) is 6.50. The number of carbonyl (C=O) groups is 3. The molecule has 0 aliphatic rings. The van der Waals surface area contributed by atoms with Crippen LogP contribution in [0.5, 0.6) is 0 Å². The molecule has 1 atom stereocenters. The Morgan fingerprint density at radius 2 is 1.68 bits per heavy atom. The zero-order valence-electron chi connectivity index (χ0n) is 13.3. The van der Waals surface area contributed by atoms with Gasteiger partial charge < -0.3 is 10.1 Å². The molecule has 0 spiro atoms. The van der Waals surface area contributed by atoms with Gasteiger partial charge in [-0.15, -0.1) is 0 Å². The van der Waals surface area contributed by atoms with Gasteiger partial charge >= 0.3 is 5.97 Å². The van der Waals surface area contributed by atoms with Gasteiger partial charge in [-0.2, -0.15) is 0 Å². The number of hydrogen-bond donors (Lipinski definition) is 1. The van der Waals surface area contributed by atoms with Crippen molar-refractivity contribution in [3.8, 4) is 0 Å². The maximum Gasteiger partial charge on any atom is 0.331 e. The van der Waals surface area contributed by atoms with Crippen molar-refractivity contribution in [2.45, 2.75) is 33.8 Å². The van der Waals surface area contributed by atoms with Gasteiger partial charge in [-0.1, -0.05) is 19.9 Å². The highest BCUT2D eigenvalue weighted by molar-refractivity contribution is 6.01. The summed E-state index contributed by atoms with van der Waals surface area (Å²) in [5.41, 5.74) is 1.04. The van der Waals surface area contributed by atoms with E-state index in [0.717, 1.165) is 0 Å². The van der Waals surface area contributed by atoms with Crippen LogP contribution in [0, 0.1) is 5.92 Å². The van der Waals surface area contributed by atoms with E-state index in [1.54, 1.807) is 51.1 Å². The fourth-order valence-corrected chi connectivity index (χ4v) is 1.64. The molecular weight excluding hydrogens is 282 g/mol. The first kappa shape index (κ1) is 17.6. The number of ether oxygens (including phenoxy) is 1. The molecule has 1 N–H and O–H groups in total. The van der Waals surface area contributed by atoms with Crippen molar-refractivity contribution < 1.29 is 19.1 Å². The molecule has 0 fully saturated rings. The highest BCUT2D eigenvalue weighted by Gasteiger charge is 2.18. The number of benzene rings is 1. The standard InChI is InChI=1S/C17H21NO4/c1-5-6-15(19)22-12(4)16(20)13-7-9-14(10-8-13)18-17(21)11(2)3/h5-12H,1-4H3,(H,18,21)/b6-5+. The minimum atomic E-state index is -0.861. The highest BCUT2D eigenvalue weighted by atomic mass is 16.5. The molecule has 0 heterocycles. The molecule has 1 amide bonds. The average molecular weight is 303 g/mol. The SMILES string of the molecule is C/C=C/C(=O)OC(C)C(=O)c1ccc(NC(=O)C(C)C)cc1. The molecule has 5 heteroatoms. The number of anilines is 1. The molecule has 22 heavy (non-hydrogen) atoms. The van der Waals surface area contributed by atoms with Crippen LogP contribution in [0.2, 0.25) is 0 Å². The Hall–Kier alpha value is -2.43. The number of amides is 1. The predicted octanol–water partition coefficient (Wildman–Crippen LogP) is 2.97. The van der Waals surface area contributed by atoms with Crippen molar-refractivity contribution in [3.05, 3.63) is 42.0 Å². The van der Waals surface area contributed by atoms with Crippen molar-refractivity contribution in [2.75, 3.05) is 5.32 Å². The number of rotatable bonds is 6. The van der Waals surface area contributed by atoms with Gasteiger partial charge in [0.15, 0.2) is 6.10 Å². The molecule has 0 saturated carbocycles. The normalized spacial score (nSPS) is 12.2. The van der Waals surface area contributed by atoms with Crippen LogP contribution in [0.1, 0.15) is 38.1 Å². The van der Waals surface area contributed by atoms with E-state index in [2.05, 4.69) is 5.32 Å². The molecule has 0 aromatic heterocycles. The first-order valence-electron chi connectivity index (χ1n) is 7.13. The molecule has 1 unspecified atom stereocenters. The van der Waals surface area contributed by atoms with Gasteiger partial charge in [-0.3, -0.25) is 9.59 Å². The zero-order valence-corrected chi connectivity index (χ0v) is 13.3. The predicted molar refractivity (Wildman–Crippen MR) is 84.6 cm³/mol. The molecule has 1 aromatic rings. The van der Waals surface area contributed by atoms with Crippen LogP contribution in [0.4, 0.5) is 5.69 Å². The first-order valence-corrected chi connectivity index (χ1v) is 7.13. The van der Waals surface area contributed by atoms with Crippen LogP contribution in [0.3, 0.4) is 0 Å². The number of esters is 1. The number of allylic oxidation sites excluding steroid dienone is 1. The lowest BCUT2D eigenvalue weighted by molar-refractivity contribution is -0.140. The average Bonchev–Trinajstić information content (AvgIpc) is 2.47. The minimum Gasteiger partial charge on any atom is -0.451 e. The van der Waals surface area contributed by atoms with E-state index in [4.69, 9.17) is 4.74 Å². The molecule has 0 aliphatic carbocycles. The van der Waals surface area contributed by atoms with Crippen molar-refractivity contribution >= 4 is 23.3 Å². The van der Waals surface area contributed by atoms with Crippen LogP contribution in [-0.2, 0) is 14.3 Å². The summed E-state index contributed by atoms with van der Waals surface area (Å²) in [4.78, 5) is 35.0. The number of Topliss-reactive ketones (excluding diaryl/α,β-unsaturated/α-hetero) is 1. The van der Waals surface area contributed by atoms with Crippen LogP contribution < -0.4 is 5.32 Å². The van der Waals surface area contributed by atoms with Gasteiger partial charge in [0.05, 0.1) is 0 Å². The van der Waals surface area contributed by atoms with Crippen molar-refractivity contribution in [1.82, 2.24) is 0 Å². The second kappa shape index (κ2) is 8.12. The fourth-order valence-electron chi connectivity index (χ4n) is 1.64. The lowest BCUT2D eigenvalue weighted by atomic mass is 10.1.